The summed E-state index contributed by atoms with van der Waals surface area (Å²) in [6.07, 6.45) is 0. The van der Waals surface area contributed by atoms with Crippen LogP contribution in [0.4, 0.5) is 11.4 Å². The molecule has 0 aliphatic carbocycles. The van der Waals surface area contributed by atoms with E-state index in [4.69, 9.17) is 21.1 Å². The first-order chi connectivity index (χ1) is 14.1. The highest BCUT2D eigenvalue weighted by molar-refractivity contribution is 7.89. The van der Waals surface area contributed by atoms with Crippen LogP contribution in [-0.4, -0.2) is 51.8 Å². The third-order valence-corrected chi connectivity index (χ3v) is 6.58. The monoisotopic (exact) mass is 453 g/mol. The molecule has 1 aliphatic heterocycles. The average Bonchev–Trinajstić information content (AvgIpc) is 2.67. The van der Waals surface area contributed by atoms with Gasteiger partial charge in [0.1, 0.15) is 11.5 Å². The number of carbonyl (C=O) groups excluding carboxylic acids is 2. The molecule has 2 amide bonds. The maximum Gasteiger partial charge on any atom is 0.262 e. The van der Waals surface area contributed by atoms with E-state index >= 15 is 0 Å². The third kappa shape index (κ3) is 4.50. The first-order valence-corrected chi connectivity index (χ1v) is 10.6. The number of nitrogens with zero attached hydrogens (tertiary/aromatic N) is 1. The van der Waals surface area contributed by atoms with Gasteiger partial charge in [0.15, 0.2) is 6.61 Å². The fraction of sp³-hybridized carbons (Fsp3) is 0.263. The van der Waals surface area contributed by atoms with Crippen molar-refractivity contribution in [3.63, 3.8) is 0 Å². The second kappa shape index (κ2) is 8.50. The minimum atomic E-state index is -4.01. The molecule has 0 saturated heterocycles. The molecule has 0 spiro atoms. The standard InChI is InChI=1S/C19H20ClN3O6S/c1-11-6-13-16(29-10-19(25)22-13)8-17(11)30(26,27)23(2)9-18(24)21-14-7-12(20)4-5-15(14)28-3/h4-8H,9-10H2,1-3H3,(H,21,24)(H,22,25). The number of likely N-dealkylation sites (N-methyl/N-ethyl adjacent to an activating group) is 1. The Morgan fingerprint density at radius 3 is 2.77 bits per heavy atom. The van der Waals surface area contributed by atoms with Crippen molar-refractivity contribution in [1.82, 2.24) is 4.31 Å². The van der Waals surface area contributed by atoms with Crippen LogP contribution in [0, 0.1) is 6.92 Å². The van der Waals surface area contributed by atoms with Crippen LogP contribution in [0.15, 0.2) is 35.2 Å². The Morgan fingerprint density at radius 2 is 2.07 bits per heavy atom. The van der Waals surface area contributed by atoms with Gasteiger partial charge < -0.3 is 20.1 Å². The first-order valence-electron chi connectivity index (χ1n) is 8.79. The van der Waals surface area contributed by atoms with Gasteiger partial charge in [-0.15, -0.1) is 0 Å². The van der Waals surface area contributed by atoms with Crippen molar-refractivity contribution < 1.29 is 27.5 Å². The lowest BCUT2D eigenvalue weighted by atomic mass is 10.2. The number of hydrogen-bond acceptors (Lipinski definition) is 6. The van der Waals surface area contributed by atoms with Gasteiger partial charge in [-0.25, -0.2) is 8.42 Å². The number of aryl methyl sites for hydroxylation is 1. The van der Waals surface area contributed by atoms with Gasteiger partial charge in [-0.1, -0.05) is 11.6 Å². The molecule has 160 valence electrons. The fourth-order valence-corrected chi connectivity index (χ4v) is 4.43. The van der Waals surface area contributed by atoms with Gasteiger partial charge in [0.25, 0.3) is 5.91 Å². The number of nitrogens with one attached hydrogen (secondary N) is 2. The van der Waals surface area contributed by atoms with Crippen LogP contribution in [0.5, 0.6) is 11.5 Å². The highest BCUT2D eigenvalue weighted by Crippen LogP contribution is 2.34. The molecule has 0 fully saturated rings. The molecule has 0 atom stereocenters. The highest BCUT2D eigenvalue weighted by atomic mass is 35.5. The molecule has 0 bridgehead atoms. The smallest absolute Gasteiger partial charge is 0.262 e. The molecule has 3 rings (SSSR count). The van der Waals surface area contributed by atoms with E-state index in [1.54, 1.807) is 19.1 Å². The summed E-state index contributed by atoms with van der Waals surface area (Å²) in [6.45, 7) is 0.958. The summed E-state index contributed by atoms with van der Waals surface area (Å²) in [4.78, 5) is 23.9. The zero-order valence-corrected chi connectivity index (χ0v) is 18.1. The number of carbonyl (C=O) groups is 2. The molecule has 1 heterocycles. The lowest BCUT2D eigenvalue weighted by Gasteiger charge is -2.22. The summed E-state index contributed by atoms with van der Waals surface area (Å²) in [7, 11) is -1.26. The predicted octanol–water partition coefficient (Wildman–Crippen LogP) is 2.25. The molecule has 9 nitrogen and oxygen atoms in total. The number of rotatable bonds is 6. The van der Waals surface area contributed by atoms with E-state index in [1.807, 2.05) is 0 Å². The number of hydrogen-bond donors (Lipinski definition) is 2. The number of amides is 2. The molecule has 1 aliphatic rings. The molecular weight excluding hydrogens is 434 g/mol. The summed E-state index contributed by atoms with van der Waals surface area (Å²) in [5, 5.41) is 5.62. The minimum Gasteiger partial charge on any atom is -0.495 e. The maximum absolute atomic E-state index is 13.0. The lowest BCUT2D eigenvalue weighted by molar-refractivity contribution is -0.118. The maximum atomic E-state index is 13.0. The number of benzene rings is 2. The molecular formula is C19H20ClN3O6S. The number of sulfonamides is 1. The third-order valence-electron chi connectivity index (χ3n) is 4.40. The SMILES string of the molecule is COc1ccc(Cl)cc1NC(=O)CN(C)S(=O)(=O)c1cc2c(cc1C)NC(=O)CO2. The van der Waals surface area contributed by atoms with Crippen molar-refractivity contribution in [2.75, 3.05) is 37.9 Å². The summed E-state index contributed by atoms with van der Waals surface area (Å²) in [5.74, 6) is -0.244. The number of methoxy groups -OCH3 is 1. The lowest BCUT2D eigenvalue weighted by Crippen LogP contribution is -2.35. The van der Waals surface area contributed by atoms with Crippen LogP contribution in [-0.2, 0) is 19.6 Å². The van der Waals surface area contributed by atoms with Crippen LogP contribution >= 0.6 is 11.6 Å². The summed E-state index contributed by atoms with van der Waals surface area (Å²) in [5.41, 5.74) is 1.13. The second-order valence-electron chi connectivity index (χ2n) is 6.60. The number of fused-ring (bicyclic) bond motifs is 1. The van der Waals surface area contributed by atoms with Gasteiger partial charge in [-0.05, 0) is 36.8 Å². The summed E-state index contributed by atoms with van der Waals surface area (Å²) < 4.78 is 37.4. The first kappa shape index (κ1) is 21.9. The molecule has 2 aromatic rings. The Hall–Kier alpha value is -2.82. The van der Waals surface area contributed by atoms with Crippen molar-refractivity contribution in [1.29, 1.82) is 0 Å². The quantitative estimate of drug-likeness (QED) is 0.693. The largest absolute Gasteiger partial charge is 0.495 e. The fourth-order valence-electron chi connectivity index (χ4n) is 2.92. The van der Waals surface area contributed by atoms with Crippen LogP contribution in [0.3, 0.4) is 0 Å². The van der Waals surface area contributed by atoms with Gasteiger partial charge in [-0.3, -0.25) is 9.59 Å². The molecule has 0 aromatic heterocycles. The predicted molar refractivity (Wildman–Crippen MR) is 112 cm³/mol. The summed E-state index contributed by atoms with van der Waals surface area (Å²) in [6, 6.07) is 7.56. The molecule has 0 unspecified atom stereocenters. The van der Waals surface area contributed by atoms with E-state index < -0.39 is 22.5 Å². The zero-order valence-electron chi connectivity index (χ0n) is 16.5. The van der Waals surface area contributed by atoms with E-state index in [1.165, 1.54) is 32.4 Å². The van der Waals surface area contributed by atoms with Crippen molar-refractivity contribution in [2.24, 2.45) is 0 Å². The second-order valence-corrected chi connectivity index (χ2v) is 9.05. The molecule has 0 saturated carbocycles. The van der Waals surface area contributed by atoms with E-state index in [0.29, 0.717) is 27.7 Å². The van der Waals surface area contributed by atoms with Crippen molar-refractivity contribution in [3.8, 4) is 11.5 Å². The number of halogens is 1. The van der Waals surface area contributed by atoms with Gasteiger partial charge in [0, 0.05) is 18.1 Å². The topological polar surface area (TPSA) is 114 Å². The normalized spacial score (nSPS) is 13.3. The average molecular weight is 454 g/mol. The molecule has 11 heteroatoms. The van der Waals surface area contributed by atoms with Crippen LogP contribution < -0.4 is 20.1 Å². The number of ether oxygens (including phenoxy) is 2. The number of anilines is 2. The minimum absolute atomic E-state index is 0.0203. The zero-order chi connectivity index (χ0) is 22.1. The van der Waals surface area contributed by atoms with Crippen molar-refractivity contribution >= 4 is 44.8 Å². The van der Waals surface area contributed by atoms with Gasteiger partial charge in [-0.2, -0.15) is 4.31 Å². The van der Waals surface area contributed by atoms with Crippen molar-refractivity contribution in [3.05, 3.63) is 40.9 Å². The Balaban J connectivity index is 1.79. The Bertz CT molecular complexity index is 1120. The summed E-state index contributed by atoms with van der Waals surface area (Å²) >= 11 is 5.95. The van der Waals surface area contributed by atoms with Crippen molar-refractivity contribution in [2.45, 2.75) is 11.8 Å². The van der Waals surface area contributed by atoms with Crippen LogP contribution in [0.2, 0.25) is 5.02 Å². The van der Waals surface area contributed by atoms with Crippen LogP contribution in [0.25, 0.3) is 0 Å². The Kier molecular flexibility index (Phi) is 6.20. The Morgan fingerprint density at radius 1 is 1.33 bits per heavy atom. The van der Waals surface area contributed by atoms with Crippen LogP contribution in [0.1, 0.15) is 5.56 Å². The Labute approximate surface area is 179 Å². The van der Waals surface area contributed by atoms with E-state index in [2.05, 4.69) is 10.6 Å². The van der Waals surface area contributed by atoms with E-state index in [9.17, 15) is 18.0 Å². The van der Waals surface area contributed by atoms with Gasteiger partial charge in [0.2, 0.25) is 15.9 Å². The highest BCUT2D eigenvalue weighted by Gasteiger charge is 2.28. The van der Waals surface area contributed by atoms with Gasteiger partial charge >= 0.3 is 0 Å². The van der Waals surface area contributed by atoms with E-state index in [0.717, 1.165) is 4.31 Å². The molecule has 0 radical (unpaired) electrons. The molecule has 2 N–H and O–H groups in total. The molecule has 30 heavy (non-hydrogen) atoms. The van der Waals surface area contributed by atoms with E-state index in [-0.39, 0.29) is 23.2 Å². The van der Waals surface area contributed by atoms with Gasteiger partial charge in [0.05, 0.1) is 29.9 Å². The molecule has 2 aromatic carbocycles.